The highest BCUT2D eigenvalue weighted by molar-refractivity contribution is 7.11. The maximum atomic E-state index is 13.6. The molecule has 1 atom stereocenters. The molecule has 0 unspecified atom stereocenters. The third-order valence-electron chi connectivity index (χ3n) is 4.11. The van der Waals surface area contributed by atoms with Crippen molar-refractivity contribution >= 4 is 23.1 Å². The summed E-state index contributed by atoms with van der Waals surface area (Å²) in [4.78, 5) is 22.2. The molecule has 0 aromatic carbocycles. The summed E-state index contributed by atoms with van der Waals surface area (Å²) in [6.07, 6.45) is 1.48. The lowest BCUT2D eigenvalue weighted by Gasteiger charge is -2.26. The number of amidine groups is 1. The number of nitrogens with zero attached hydrogens (tertiary/aromatic N) is 3. The molecule has 0 aliphatic carbocycles. The fraction of sp³-hybridized carbons (Fsp3) is 0.533. The van der Waals surface area contributed by atoms with Gasteiger partial charge in [0, 0.05) is 36.3 Å². The van der Waals surface area contributed by atoms with Crippen LogP contribution in [0.4, 0.5) is 8.78 Å². The molecule has 1 aromatic rings. The van der Waals surface area contributed by atoms with Crippen molar-refractivity contribution in [3.05, 3.63) is 27.9 Å². The van der Waals surface area contributed by atoms with Crippen molar-refractivity contribution in [2.75, 3.05) is 26.7 Å². The number of carbonyl (C=O) groups excluding carboxylic acids is 1. The second-order valence-electron chi connectivity index (χ2n) is 5.89. The molecule has 6 nitrogen and oxygen atoms in total. The monoisotopic (exact) mass is 356 g/mol. The van der Waals surface area contributed by atoms with Crippen molar-refractivity contribution in [1.82, 2.24) is 15.2 Å². The lowest BCUT2D eigenvalue weighted by atomic mass is 10.1. The van der Waals surface area contributed by atoms with Crippen LogP contribution in [0.25, 0.3) is 0 Å². The highest BCUT2D eigenvalue weighted by atomic mass is 32.1. The number of ether oxygens (including phenoxy) is 1. The molecule has 1 aromatic heterocycles. The Hall–Kier alpha value is -1.87. The Morgan fingerprint density at radius 2 is 2.38 bits per heavy atom. The van der Waals surface area contributed by atoms with E-state index in [0.29, 0.717) is 22.1 Å². The summed E-state index contributed by atoms with van der Waals surface area (Å²) < 4.78 is 32.0. The van der Waals surface area contributed by atoms with Crippen molar-refractivity contribution in [1.29, 1.82) is 0 Å². The summed E-state index contributed by atoms with van der Waals surface area (Å²) in [6, 6.07) is -0.268. The van der Waals surface area contributed by atoms with Crippen molar-refractivity contribution in [3.8, 4) is 0 Å². The first kappa shape index (κ1) is 17.0. The molecule has 130 valence electrons. The summed E-state index contributed by atoms with van der Waals surface area (Å²) in [7, 11) is 1.29. The molecule has 0 amide bonds. The Labute approximate surface area is 142 Å². The van der Waals surface area contributed by atoms with Crippen LogP contribution in [-0.2, 0) is 9.53 Å². The highest BCUT2D eigenvalue weighted by Crippen LogP contribution is 2.32. The summed E-state index contributed by atoms with van der Waals surface area (Å²) in [6.45, 7) is 1.80. The van der Waals surface area contributed by atoms with E-state index < -0.39 is 11.9 Å². The first-order valence-corrected chi connectivity index (χ1v) is 8.41. The van der Waals surface area contributed by atoms with Crippen LogP contribution in [0.5, 0.6) is 0 Å². The van der Waals surface area contributed by atoms with E-state index in [1.807, 2.05) is 5.38 Å². The van der Waals surface area contributed by atoms with E-state index >= 15 is 0 Å². The fourth-order valence-corrected chi connectivity index (χ4v) is 3.51. The van der Waals surface area contributed by atoms with Crippen molar-refractivity contribution in [3.63, 3.8) is 0 Å². The number of likely N-dealkylation sites (tertiary alicyclic amines) is 1. The number of thiazole rings is 1. The Kier molecular flexibility index (Phi) is 4.64. The van der Waals surface area contributed by atoms with E-state index in [1.54, 1.807) is 18.0 Å². The topological polar surface area (TPSA) is 66.8 Å². The molecule has 0 saturated carbocycles. The molecular formula is C15H18F2N4O2S. The van der Waals surface area contributed by atoms with Gasteiger partial charge in [-0.15, -0.1) is 11.3 Å². The number of carbonyl (C=O) groups is 1. The van der Waals surface area contributed by atoms with Gasteiger partial charge in [-0.05, 0) is 6.92 Å². The molecule has 0 radical (unpaired) electrons. The van der Waals surface area contributed by atoms with Gasteiger partial charge in [-0.1, -0.05) is 0 Å². The van der Waals surface area contributed by atoms with Gasteiger partial charge in [-0.3, -0.25) is 9.89 Å². The Balaban J connectivity index is 1.82. The van der Waals surface area contributed by atoms with Crippen LogP contribution in [0.2, 0.25) is 0 Å². The fourth-order valence-electron chi connectivity index (χ4n) is 2.91. The van der Waals surface area contributed by atoms with E-state index in [4.69, 9.17) is 4.74 Å². The summed E-state index contributed by atoms with van der Waals surface area (Å²) in [5.41, 5.74) is 0.909. The van der Waals surface area contributed by atoms with Crippen LogP contribution in [0, 0.1) is 0 Å². The minimum Gasteiger partial charge on any atom is -0.466 e. The van der Waals surface area contributed by atoms with E-state index in [0.717, 1.165) is 0 Å². The predicted molar refractivity (Wildman–Crippen MR) is 86.3 cm³/mol. The van der Waals surface area contributed by atoms with Crippen molar-refractivity contribution in [2.45, 2.75) is 25.3 Å². The maximum absolute atomic E-state index is 13.6. The average Bonchev–Trinajstić information content (AvgIpc) is 3.14. The summed E-state index contributed by atoms with van der Waals surface area (Å²) in [5, 5.41) is 5.60. The van der Waals surface area contributed by atoms with E-state index in [-0.39, 0.29) is 32.1 Å². The molecule has 1 fully saturated rings. The van der Waals surface area contributed by atoms with Gasteiger partial charge in [0.2, 0.25) is 0 Å². The maximum Gasteiger partial charge on any atom is 0.337 e. The quantitative estimate of drug-likeness (QED) is 0.831. The standard InChI is InChI=1S/C15H18F2N4O2S/c1-9-5-15(16,17)8-21(9)7-11-10(14(22)23-2)6-19-12(20-11)13-18-3-4-24-13/h3-4,9H,5-8H2,1-2H3,(H,19,20)/t9-/m0/s1. The number of hydrogen-bond acceptors (Lipinski definition) is 7. The number of esters is 1. The van der Waals surface area contributed by atoms with E-state index in [9.17, 15) is 13.6 Å². The van der Waals surface area contributed by atoms with E-state index in [2.05, 4.69) is 15.3 Å². The van der Waals surface area contributed by atoms with Gasteiger partial charge in [0.05, 0.1) is 25.8 Å². The minimum atomic E-state index is -2.70. The number of aromatic nitrogens is 1. The van der Waals surface area contributed by atoms with Gasteiger partial charge in [0.15, 0.2) is 10.8 Å². The Morgan fingerprint density at radius 1 is 1.58 bits per heavy atom. The molecule has 2 aliphatic heterocycles. The molecule has 9 heteroatoms. The van der Waals surface area contributed by atoms with Gasteiger partial charge in [-0.25, -0.2) is 18.6 Å². The van der Waals surface area contributed by atoms with Gasteiger partial charge in [-0.2, -0.15) is 0 Å². The van der Waals surface area contributed by atoms with Gasteiger partial charge >= 0.3 is 5.97 Å². The number of alkyl halides is 2. The second-order valence-corrected chi connectivity index (χ2v) is 6.78. The van der Waals surface area contributed by atoms with Crippen LogP contribution < -0.4 is 5.32 Å². The van der Waals surface area contributed by atoms with E-state index in [1.165, 1.54) is 18.4 Å². The molecule has 0 spiro atoms. The molecule has 2 aliphatic rings. The summed E-state index contributed by atoms with van der Waals surface area (Å²) >= 11 is 1.41. The molecular weight excluding hydrogens is 338 g/mol. The molecule has 3 rings (SSSR count). The molecule has 3 heterocycles. The third kappa shape index (κ3) is 3.46. The zero-order valence-electron chi connectivity index (χ0n) is 13.4. The number of hydrogen-bond donors (Lipinski definition) is 1. The van der Waals surface area contributed by atoms with Crippen LogP contribution >= 0.6 is 11.3 Å². The van der Waals surface area contributed by atoms with Crippen LogP contribution in [0.1, 0.15) is 18.4 Å². The first-order valence-electron chi connectivity index (χ1n) is 7.53. The zero-order chi connectivity index (χ0) is 17.3. The van der Waals surface area contributed by atoms with Crippen LogP contribution in [-0.4, -0.2) is 60.4 Å². The van der Waals surface area contributed by atoms with Gasteiger partial charge < -0.3 is 10.1 Å². The predicted octanol–water partition coefficient (Wildman–Crippen LogP) is 1.65. The smallest absolute Gasteiger partial charge is 0.337 e. The van der Waals surface area contributed by atoms with Gasteiger partial charge in [0.25, 0.3) is 5.92 Å². The SMILES string of the molecule is COC(=O)C1=C(CN2CC(F)(F)C[C@@H]2C)NC(c2nccs2)=NC1. The van der Waals surface area contributed by atoms with Gasteiger partial charge in [0.1, 0.15) is 0 Å². The number of aliphatic imine (C=N–C) groups is 1. The number of nitrogens with one attached hydrogen (secondary N) is 1. The molecule has 24 heavy (non-hydrogen) atoms. The normalized spacial score (nSPS) is 23.8. The Bertz CT molecular complexity index is 688. The lowest BCUT2D eigenvalue weighted by Crippen LogP contribution is -2.40. The number of halogens is 2. The molecule has 0 bridgehead atoms. The number of rotatable bonds is 4. The van der Waals surface area contributed by atoms with Crippen molar-refractivity contribution in [2.24, 2.45) is 4.99 Å². The first-order chi connectivity index (χ1) is 11.4. The van der Waals surface area contributed by atoms with Crippen LogP contribution in [0.15, 0.2) is 27.8 Å². The average molecular weight is 356 g/mol. The largest absolute Gasteiger partial charge is 0.466 e. The second kappa shape index (κ2) is 6.56. The third-order valence-corrected chi connectivity index (χ3v) is 4.89. The molecule has 1 saturated heterocycles. The van der Waals surface area contributed by atoms with Crippen LogP contribution in [0.3, 0.4) is 0 Å². The van der Waals surface area contributed by atoms with Crippen molar-refractivity contribution < 1.29 is 18.3 Å². The highest BCUT2D eigenvalue weighted by Gasteiger charge is 2.43. The Morgan fingerprint density at radius 3 is 2.96 bits per heavy atom. The number of methoxy groups -OCH3 is 1. The minimum absolute atomic E-state index is 0.141. The lowest BCUT2D eigenvalue weighted by molar-refractivity contribution is -0.136. The summed E-state index contributed by atoms with van der Waals surface area (Å²) in [5.74, 6) is -2.66. The molecule has 1 N–H and O–H groups in total. The zero-order valence-corrected chi connectivity index (χ0v) is 14.2.